The minimum absolute atomic E-state index is 0.166. The molecule has 1 N–H and O–H groups in total. The standard InChI is InChI=1S/C13H20N2O3S/c1-10-4-5-12(18-3)13(8-10)19(16,17)15-7-6-14-11(2)9-15/h4-5,8,11,14H,6-7,9H2,1-3H3. The van der Waals surface area contributed by atoms with Crippen LogP contribution in [0, 0.1) is 6.92 Å². The quantitative estimate of drug-likeness (QED) is 0.899. The first-order valence-electron chi connectivity index (χ1n) is 6.33. The summed E-state index contributed by atoms with van der Waals surface area (Å²) in [6.07, 6.45) is 0. The van der Waals surface area contributed by atoms with Gasteiger partial charge in [-0.3, -0.25) is 0 Å². The molecule has 1 aromatic carbocycles. The molecule has 1 aliphatic rings. The van der Waals surface area contributed by atoms with Gasteiger partial charge in [0.25, 0.3) is 0 Å². The summed E-state index contributed by atoms with van der Waals surface area (Å²) in [5.41, 5.74) is 0.905. The highest BCUT2D eigenvalue weighted by Gasteiger charge is 2.30. The van der Waals surface area contributed by atoms with Gasteiger partial charge in [0.05, 0.1) is 7.11 Å². The summed E-state index contributed by atoms with van der Waals surface area (Å²) >= 11 is 0. The highest BCUT2D eigenvalue weighted by atomic mass is 32.2. The van der Waals surface area contributed by atoms with Gasteiger partial charge in [-0.05, 0) is 31.5 Å². The molecule has 1 heterocycles. The molecule has 0 saturated carbocycles. The first-order valence-corrected chi connectivity index (χ1v) is 7.77. The number of aryl methyl sites for hydroxylation is 1. The highest BCUT2D eigenvalue weighted by Crippen LogP contribution is 2.28. The zero-order valence-electron chi connectivity index (χ0n) is 11.5. The molecule has 6 heteroatoms. The summed E-state index contributed by atoms with van der Waals surface area (Å²) in [6.45, 7) is 5.51. The predicted octanol–water partition coefficient (Wildman–Crippen LogP) is 0.986. The van der Waals surface area contributed by atoms with E-state index in [0.717, 1.165) is 5.56 Å². The summed E-state index contributed by atoms with van der Waals surface area (Å²) in [5.74, 6) is 0.400. The normalized spacial score (nSPS) is 21.3. The van der Waals surface area contributed by atoms with Gasteiger partial charge in [-0.1, -0.05) is 6.07 Å². The number of rotatable bonds is 3. The van der Waals surface area contributed by atoms with Crippen molar-refractivity contribution in [2.24, 2.45) is 0 Å². The van der Waals surface area contributed by atoms with Gasteiger partial charge in [-0.15, -0.1) is 0 Å². The molecule has 1 aliphatic heterocycles. The predicted molar refractivity (Wildman–Crippen MR) is 74.0 cm³/mol. The Bertz CT molecular complexity index is 557. The number of ether oxygens (including phenoxy) is 1. The van der Waals surface area contributed by atoms with Crippen LogP contribution in [0.15, 0.2) is 23.1 Å². The smallest absolute Gasteiger partial charge is 0.246 e. The second kappa shape index (κ2) is 5.48. The monoisotopic (exact) mass is 284 g/mol. The van der Waals surface area contributed by atoms with Crippen LogP contribution in [-0.4, -0.2) is 45.5 Å². The van der Waals surface area contributed by atoms with Gasteiger partial charge in [-0.2, -0.15) is 4.31 Å². The first kappa shape index (κ1) is 14.3. The van der Waals surface area contributed by atoms with E-state index in [1.54, 1.807) is 12.1 Å². The Morgan fingerprint density at radius 2 is 2.16 bits per heavy atom. The number of nitrogens with one attached hydrogen (secondary N) is 1. The molecule has 2 rings (SSSR count). The molecule has 5 nitrogen and oxygen atoms in total. The molecule has 0 bridgehead atoms. The fourth-order valence-electron chi connectivity index (χ4n) is 2.24. The molecule has 1 fully saturated rings. The second-order valence-electron chi connectivity index (χ2n) is 4.87. The molecular weight excluding hydrogens is 264 g/mol. The molecule has 0 aromatic heterocycles. The van der Waals surface area contributed by atoms with Crippen molar-refractivity contribution in [3.05, 3.63) is 23.8 Å². The number of nitrogens with zero attached hydrogens (tertiary/aromatic N) is 1. The average Bonchev–Trinajstić information content (AvgIpc) is 2.38. The van der Waals surface area contributed by atoms with E-state index >= 15 is 0 Å². The molecule has 106 valence electrons. The molecule has 1 saturated heterocycles. The van der Waals surface area contributed by atoms with E-state index in [9.17, 15) is 8.42 Å². The molecule has 0 radical (unpaired) electrons. The Hall–Kier alpha value is -1.11. The molecule has 0 amide bonds. The lowest BCUT2D eigenvalue weighted by Gasteiger charge is -2.31. The van der Waals surface area contributed by atoms with Gasteiger partial charge in [0.2, 0.25) is 10.0 Å². The maximum atomic E-state index is 12.7. The van der Waals surface area contributed by atoms with Gasteiger partial charge < -0.3 is 10.1 Å². The SMILES string of the molecule is COc1ccc(C)cc1S(=O)(=O)N1CCNC(C)C1. The molecule has 1 unspecified atom stereocenters. The summed E-state index contributed by atoms with van der Waals surface area (Å²) in [4.78, 5) is 0.254. The molecule has 1 atom stereocenters. The number of hydrogen-bond donors (Lipinski definition) is 1. The van der Waals surface area contributed by atoms with E-state index in [4.69, 9.17) is 4.74 Å². The van der Waals surface area contributed by atoms with Crippen LogP contribution in [0.1, 0.15) is 12.5 Å². The molecule has 1 aromatic rings. The van der Waals surface area contributed by atoms with Crippen molar-refractivity contribution in [1.29, 1.82) is 0 Å². The minimum atomic E-state index is -3.49. The average molecular weight is 284 g/mol. The van der Waals surface area contributed by atoms with Crippen molar-refractivity contribution in [3.63, 3.8) is 0 Å². The second-order valence-corrected chi connectivity index (χ2v) is 6.78. The molecular formula is C13H20N2O3S. The molecule has 19 heavy (non-hydrogen) atoms. The van der Waals surface area contributed by atoms with Crippen LogP contribution in [-0.2, 0) is 10.0 Å². The third-order valence-electron chi connectivity index (χ3n) is 3.27. The third-order valence-corrected chi connectivity index (χ3v) is 5.15. The van der Waals surface area contributed by atoms with Crippen molar-refractivity contribution in [3.8, 4) is 5.75 Å². The van der Waals surface area contributed by atoms with E-state index in [2.05, 4.69) is 5.32 Å². The van der Waals surface area contributed by atoms with Crippen molar-refractivity contribution in [2.75, 3.05) is 26.7 Å². The lowest BCUT2D eigenvalue weighted by atomic mass is 10.2. The summed E-state index contributed by atoms with van der Waals surface area (Å²) < 4.78 is 32.1. The highest BCUT2D eigenvalue weighted by molar-refractivity contribution is 7.89. The van der Waals surface area contributed by atoms with Crippen LogP contribution in [0.4, 0.5) is 0 Å². The summed E-state index contributed by atoms with van der Waals surface area (Å²) in [6, 6.07) is 5.38. The third kappa shape index (κ3) is 2.91. The Morgan fingerprint density at radius 1 is 1.42 bits per heavy atom. The molecule has 0 aliphatic carbocycles. The van der Waals surface area contributed by atoms with Crippen molar-refractivity contribution in [2.45, 2.75) is 24.8 Å². The summed E-state index contributed by atoms with van der Waals surface area (Å²) in [5, 5.41) is 3.24. The van der Waals surface area contributed by atoms with Crippen molar-refractivity contribution < 1.29 is 13.2 Å². The lowest BCUT2D eigenvalue weighted by molar-refractivity contribution is 0.308. The van der Waals surface area contributed by atoms with E-state index in [-0.39, 0.29) is 10.9 Å². The minimum Gasteiger partial charge on any atom is -0.495 e. The van der Waals surface area contributed by atoms with Crippen LogP contribution in [0.3, 0.4) is 0 Å². The fourth-order valence-corrected chi connectivity index (χ4v) is 4.01. The van der Waals surface area contributed by atoms with Crippen LogP contribution in [0.5, 0.6) is 5.75 Å². The summed E-state index contributed by atoms with van der Waals surface area (Å²) in [7, 11) is -2.00. The number of benzene rings is 1. The van der Waals surface area contributed by atoms with Gasteiger partial charge in [-0.25, -0.2) is 8.42 Å². The lowest BCUT2D eigenvalue weighted by Crippen LogP contribution is -2.51. The van der Waals surface area contributed by atoms with Crippen LogP contribution < -0.4 is 10.1 Å². The van der Waals surface area contributed by atoms with E-state index < -0.39 is 10.0 Å². The Morgan fingerprint density at radius 3 is 2.79 bits per heavy atom. The van der Waals surface area contributed by atoms with Crippen molar-refractivity contribution in [1.82, 2.24) is 9.62 Å². The van der Waals surface area contributed by atoms with Gasteiger partial charge in [0.1, 0.15) is 10.6 Å². The Balaban J connectivity index is 2.41. The number of sulfonamides is 1. The van der Waals surface area contributed by atoms with Crippen LogP contribution in [0.2, 0.25) is 0 Å². The maximum absolute atomic E-state index is 12.7. The van der Waals surface area contributed by atoms with Gasteiger partial charge in [0, 0.05) is 25.7 Å². The largest absolute Gasteiger partial charge is 0.495 e. The van der Waals surface area contributed by atoms with Gasteiger partial charge in [0.15, 0.2) is 0 Å². The Labute approximate surface area is 114 Å². The van der Waals surface area contributed by atoms with Crippen LogP contribution in [0.25, 0.3) is 0 Å². The molecule has 0 spiro atoms. The van der Waals surface area contributed by atoms with E-state index in [1.807, 2.05) is 19.9 Å². The zero-order chi connectivity index (χ0) is 14.0. The fraction of sp³-hybridized carbons (Fsp3) is 0.538. The maximum Gasteiger partial charge on any atom is 0.246 e. The topological polar surface area (TPSA) is 58.6 Å². The number of methoxy groups -OCH3 is 1. The first-order chi connectivity index (χ1) is 8.95. The van der Waals surface area contributed by atoms with Crippen LogP contribution >= 0.6 is 0 Å². The van der Waals surface area contributed by atoms with Crippen molar-refractivity contribution >= 4 is 10.0 Å². The zero-order valence-corrected chi connectivity index (χ0v) is 12.3. The number of hydrogen-bond acceptors (Lipinski definition) is 4. The van der Waals surface area contributed by atoms with Gasteiger partial charge >= 0.3 is 0 Å². The number of piperazine rings is 1. The Kier molecular flexibility index (Phi) is 4.13. The van der Waals surface area contributed by atoms with E-state index in [0.29, 0.717) is 25.4 Å². The van der Waals surface area contributed by atoms with E-state index in [1.165, 1.54) is 11.4 Å².